The summed E-state index contributed by atoms with van der Waals surface area (Å²) in [7, 11) is 0. The van der Waals surface area contributed by atoms with Crippen molar-refractivity contribution in [2.24, 2.45) is 0 Å². The molecule has 0 aliphatic rings. The summed E-state index contributed by atoms with van der Waals surface area (Å²) in [5.41, 5.74) is 2.93. The first-order valence-corrected chi connectivity index (χ1v) is 8.09. The molecule has 1 atom stereocenters. The number of rotatable bonds is 5. The zero-order valence-electron chi connectivity index (χ0n) is 12.2. The number of hydrogen-bond acceptors (Lipinski definition) is 3. The Morgan fingerprint density at radius 2 is 2.19 bits per heavy atom. The van der Waals surface area contributed by atoms with Gasteiger partial charge in [0.25, 0.3) is 0 Å². The molecule has 1 unspecified atom stereocenters. The summed E-state index contributed by atoms with van der Waals surface area (Å²) in [6, 6.07) is 6.80. The third-order valence-corrected chi connectivity index (χ3v) is 4.37. The molecule has 3 rings (SSSR count). The molecule has 0 spiro atoms. The number of thiophene rings is 1. The van der Waals surface area contributed by atoms with Gasteiger partial charge in [-0.25, -0.2) is 4.39 Å². The zero-order valence-corrected chi connectivity index (χ0v) is 13.0. The maximum atomic E-state index is 13.4. The van der Waals surface area contributed by atoms with Gasteiger partial charge in [0.2, 0.25) is 0 Å². The molecule has 1 N–H and O–H groups in total. The van der Waals surface area contributed by atoms with Gasteiger partial charge in [0.15, 0.2) is 0 Å². The lowest BCUT2D eigenvalue weighted by Gasteiger charge is -2.16. The maximum absolute atomic E-state index is 13.4. The average molecular weight is 303 g/mol. The van der Waals surface area contributed by atoms with E-state index in [2.05, 4.69) is 29.1 Å². The summed E-state index contributed by atoms with van der Waals surface area (Å²) in [6.45, 7) is 5.04. The van der Waals surface area contributed by atoms with Gasteiger partial charge in [-0.3, -0.25) is 0 Å². The third-order valence-electron chi connectivity index (χ3n) is 3.67. The monoisotopic (exact) mass is 303 g/mol. The van der Waals surface area contributed by atoms with E-state index >= 15 is 0 Å². The molecule has 0 fully saturated rings. The van der Waals surface area contributed by atoms with Gasteiger partial charge >= 0.3 is 0 Å². The highest BCUT2D eigenvalue weighted by Crippen LogP contribution is 2.33. The summed E-state index contributed by atoms with van der Waals surface area (Å²) >= 11 is 1.67. The van der Waals surface area contributed by atoms with Crippen LogP contribution in [0.25, 0.3) is 11.0 Å². The van der Waals surface area contributed by atoms with Crippen molar-refractivity contribution in [1.82, 2.24) is 5.32 Å². The van der Waals surface area contributed by atoms with E-state index in [0.29, 0.717) is 0 Å². The second-order valence-corrected chi connectivity index (χ2v) is 5.96. The molecule has 0 bridgehead atoms. The summed E-state index contributed by atoms with van der Waals surface area (Å²) < 4.78 is 19.5. The second-order valence-electron chi connectivity index (χ2n) is 5.18. The smallest absolute Gasteiger partial charge is 0.134 e. The van der Waals surface area contributed by atoms with Gasteiger partial charge in [-0.2, -0.15) is 11.3 Å². The number of halogens is 1. The highest BCUT2D eigenvalue weighted by molar-refractivity contribution is 7.08. The Balaban J connectivity index is 2.08. The van der Waals surface area contributed by atoms with Crippen LogP contribution in [0.2, 0.25) is 0 Å². The quantitative estimate of drug-likeness (QED) is 0.715. The summed E-state index contributed by atoms with van der Waals surface area (Å²) in [5.74, 6) is 0.647. The minimum Gasteiger partial charge on any atom is -0.459 e. The van der Waals surface area contributed by atoms with Crippen LogP contribution in [0.4, 0.5) is 4.39 Å². The van der Waals surface area contributed by atoms with E-state index in [1.54, 1.807) is 23.5 Å². The topological polar surface area (TPSA) is 25.2 Å². The molecule has 0 amide bonds. The Morgan fingerprint density at radius 3 is 2.90 bits per heavy atom. The highest BCUT2D eigenvalue weighted by atomic mass is 32.1. The van der Waals surface area contributed by atoms with Crippen molar-refractivity contribution in [2.45, 2.75) is 26.3 Å². The molecule has 3 aromatic rings. The number of fused-ring (bicyclic) bond motifs is 1. The predicted molar refractivity (Wildman–Crippen MR) is 85.4 cm³/mol. The third kappa shape index (κ3) is 2.74. The van der Waals surface area contributed by atoms with Gasteiger partial charge < -0.3 is 9.73 Å². The standard InChI is InChI=1S/C17H18FNOS/c1-3-7-19-16(12-6-8-21-10-12)17-11(2)14-9-13(18)4-5-15(14)20-17/h4-6,8-10,16,19H,3,7H2,1-2H3. The van der Waals surface area contributed by atoms with Crippen molar-refractivity contribution < 1.29 is 8.81 Å². The highest BCUT2D eigenvalue weighted by Gasteiger charge is 2.22. The number of furan rings is 1. The molecule has 110 valence electrons. The molecule has 0 radical (unpaired) electrons. The van der Waals surface area contributed by atoms with Crippen LogP contribution in [-0.2, 0) is 0 Å². The van der Waals surface area contributed by atoms with Gasteiger partial charge in [0, 0.05) is 10.9 Å². The molecule has 0 saturated heterocycles. The lowest BCUT2D eigenvalue weighted by Crippen LogP contribution is -2.22. The molecule has 0 aliphatic heterocycles. The predicted octanol–water partition coefficient (Wildman–Crippen LogP) is 5.03. The summed E-state index contributed by atoms with van der Waals surface area (Å²) in [6.07, 6.45) is 1.05. The van der Waals surface area contributed by atoms with E-state index in [4.69, 9.17) is 4.42 Å². The van der Waals surface area contributed by atoms with Gasteiger partial charge in [0.05, 0.1) is 6.04 Å². The van der Waals surface area contributed by atoms with Crippen LogP contribution in [0, 0.1) is 12.7 Å². The fourth-order valence-electron chi connectivity index (χ4n) is 2.58. The maximum Gasteiger partial charge on any atom is 0.134 e. The number of nitrogens with one attached hydrogen (secondary N) is 1. The molecule has 0 aliphatic carbocycles. The summed E-state index contributed by atoms with van der Waals surface area (Å²) in [4.78, 5) is 0. The molecule has 2 nitrogen and oxygen atoms in total. The molecule has 2 aromatic heterocycles. The lowest BCUT2D eigenvalue weighted by molar-refractivity contribution is 0.467. The Kier molecular flexibility index (Phi) is 4.08. The van der Waals surface area contributed by atoms with E-state index in [1.165, 1.54) is 11.6 Å². The van der Waals surface area contributed by atoms with Crippen LogP contribution in [-0.4, -0.2) is 6.54 Å². The normalized spacial score (nSPS) is 12.9. The van der Waals surface area contributed by atoms with Crippen molar-refractivity contribution in [3.05, 3.63) is 57.7 Å². The number of hydrogen-bond donors (Lipinski definition) is 1. The van der Waals surface area contributed by atoms with Crippen molar-refractivity contribution in [1.29, 1.82) is 0 Å². The fourth-order valence-corrected chi connectivity index (χ4v) is 3.26. The van der Waals surface area contributed by atoms with E-state index < -0.39 is 0 Å². The van der Waals surface area contributed by atoms with Gasteiger partial charge in [-0.1, -0.05) is 6.92 Å². The van der Waals surface area contributed by atoms with Crippen LogP contribution in [0.3, 0.4) is 0 Å². The number of aryl methyl sites for hydroxylation is 1. The van der Waals surface area contributed by atoms with E-state index in [9.17, 15) is 4.39 Å². The van der Waals surface area contributed by atoms with Gasteiger partial charge in [-0.05, 0) is 60.5 Å². The fraction of sp³-hybridized carbons (Fsp3) is 0.294. The lowest BCUT2D eigenvalue weighted by atomic mass is 10.0. The first-order valence-electron chi connectivity index (χ1n) is 7.14. The Bertz CT molecular complexity index is 733. The van der Waals surface area contributed by atoms with E-state index in [-0.39, 0.29) is 11.9 Å². The minimum absolute atomic E-state index is 0.0201. The van der Waals surface area contributed by atoms with Crippen molar-refractivity contribution in [3.63, 3.8) is 0 Å². The van der Waals surface area contributed by atoms with Crippen LogP contribution in [0.5, 0.6) is 0 Å². The van der Waals surface area contributed by atoms with Crippen molar-refractivity contribution >= 4 is 22.3 Å². The Hall–Kier alpha value is -1.65. The molecule has 1 aromatic carbocycles. The Morgan fingerprint density at radius 1 is 1.33 bits per heavy atom. The summed E-state index contributed by atoms with van der Waals surface area (Å²) in [5, 5.41) is 8.56. The van der Waals surface area contributed by atoms with E-state index in [0.717, 1.165) is 35.3 Å². The molecule has 2 heterocycles. The molecule has 21 heavy (non-hydrogen) atoms. The largest absolute Gasteiger partial charge is 0.459 e. The Labute approximate surface area is 127 Å². The first kappa shape index (κ1) is 14.3. The average Bonchev–Trinajstić information content (AvgIpc) is 3.10. The minimum atomic E-state index is -0.230. The van der Waals surface area contributed by atoms with Gasteiger partial charge in [-0.15, -0.1) is 0 Å². The van der Waals surface area contributed by atoms with Crippen LogP contribution in [0.1, 0.15) is 36.3 Å². The molecule has 0 saturated carbocycles. The molecular formula is C17H18FNOS. The molecular weight excluding hydrogens is 285 g/mol. The number of benzene rings is 1. The van der Waals surface area contributed by atoms with Crippen molar-refractivity contribution in [3.8, 4) is 0 Å². The van der Waals surface area contributed by atoms with Crippen LogP contribution >= 0.6 is 11.3 Å². The molecule has 4 heteroatoms. The van der Waals surface area contributed by atoms with Crippen LogP contribution < -0.4 is 5.32 Å². The van der Waals surface area contributed by atoms with Crippen LogP contribution in [0.15, 0.2) is 39.4 Å². The first-order chi connectivity index (χ1) is 10.2. The second kappa shape index (κ2) is 6.00. The van der Waals surface area contributed by atoms with E-state index in [1.807, 2.05) is 6.92 Å². The van der Waals surface area contributed by atoms with Crippen molar-refractivity contribution in [2.75, 3.05) is 6.54 Å². The SMILES string of the molecule is CCCNC(c1ccsc1)c1oc2ccc(F)cc2c1C. The van der Waals surface area contributed by atoms with Gasteiger partial charge in [0.1, 0.15) is 17.2 Å². The zero-order chi connectivity index (χ0) is 14.8.